The first-order valence-electron chi connectivity index (χ1n) is 7.26. The van der Waals surface area contributed by atoms with E-state index < -0.39 is 11.7 Å². The molecule has 0 bridgehead atoms. The zero-order chi connectivity index (χ0) is 15.5. The van der Waals surface area contributed by atoms with Crippen LogP contribution in [0, 0.1) is 5.92 Å². The molecule has 2 atom stereocenters. The molecule has 0 saturated carbocycles. The Bertz CT molecular complexity index is 462. The molecule has 2 heterocycles. The lowest BCUT2D eigenvalue weighted by Crippen LogP contribution is -2.35. The second-order valence-corrected chi connectivity index (χ2v) is 5.89. The summed E-state index contributed by atoms with van der Waals surface area (Å²) < 4.78 is 44.5. The van der Waals surface area contributed by atoms with Gasteiger partial charge in [-0.25, -0.2) is 4.98 Å². The van der Waals surface area contributed by atoms with E-state index in [0.717, 1.165) is 12.5 Å². The summed E-state index contributed by atoms with van der Waals surface area (Å²) in [6, 6.07) is 2.33. The molecule has 1 saturated heterocycles. The van der Waals surface area contributed by atoms with E-state index in [2.05, 4.69) is 24.1 Å². The van der Waals surface area contributed by atoms with Crippen molar-refractivity contribution in [2.24, 2.45) is 5.92 Å². The molecular weight excluding hydrogens is 281 g/mol. The Balaban J connectivity index is 2.05. The minimum atomic E-state index is -4.39. The Morgan fingerprint density at radius 2 is 2.19 bits per heavy atom. The number of ether oxygens (including phenoxy) is 1. The second kappa shape index (κ2) is 6.64. The van der Waals surface area contributed by atoms with Crippen LogP contribution in [-0.4, -0.2) is 23.7 Å². The number of halogens is 3. The largest absolute Gasteiger partial charge is 0.419 e. The normalized spacial score (nSPS) is 23.3. The number of nitrogens with one attached hydrogen (secondary N) is 1. The van der Waals surface area contributed by atoms with Gasteiger partial charge >= 0.3 is 6.18 Å². The van der Waals surface area contributed by atoms with Gasteiger partial charge in [0.05, 0.1) is 11.7 Å². The Morgan fingerprint density at radius 1 is 1.43 bits per heavy atom. The first-order valence-corrected chi connectivity index (χ1v) is 7.26. The van der Waals surface area contributed by atoms with E-state index in [9.17, 15) is 13.2 Å². The van der Waals surface area contributed by atoms with Crippen molar-refractivity contribution in [3.05, 3.63) is 23.9 Å². The summed E-state index contributed by atoms with van der Waals surface area (Å²) in [5.74, 6) is 0.425. The van der Waals surface area contributed by atoms with Gasteiger partial charge in [-0.1, -0.05) is 13.8 Å². The molecule has 2 rings (SSSR count). The summed E-state index contributed by atoms with van der Waals surface area (Å²) in [7, 11) is 0. The van der Waals surface area contributed by atoms with Crippen LogP contribution in [-0.2, 0) is 10.9 Å². The van der Waals surface area contributed by atoms with E-state index in [-0.39, 0.29) is 18.0 Å². The van der Waals surface area contributed by atoms with Crippen molar-refractivity contribution in [1.82, 2.24) is 4.98 Å². The van der Waals surface area contributed by atoms with E-state index in [0.29, 0.717) is 25.4 Å². The first kappa shape index (κ1) is 16.1. The van der Waals surface area contributed by atoms with Gasteiger partial charge < -0.3 is 10.1 Å². The average Bonchev–Trinajstić information content (AvgIpc) is 2.37. The lowest BCUT2D eigenvalue weighted by atomic mass is 9.96. The van der Waals surface area contributed by atoms with Crippen LogP contribution in [0.15, 0.2) is 18.3 Å². The minimum Gasteiger partial charge on any atom is -0.378 e. The minimum absolute atomic E-state index is 0.0292. The standard InChI is InChI=1S/C15H21F3N2O/c1-10(2)8-12-9-11(5-7-21-12)20-14-13(15(16,17)18)4-3-6-19-14/h3-4,6,10-12H,5,7-9H2,1-2H3,(H,19,20)/t11-,12-/m0/s1. The number of alkyl halides is 3. The number of hydrogen-bond acceptors (Lipinski definition) is 3. The molecule has 1 fully saturated rings. The zero-order valence-electron chi connectivity index (χ0n) is 12.3. The lowest BCUT2D eigenvalue weighted by molar-refractivity contribution is -0.137. The fourth-order valence-electron chi connectivity index (χ4n) is 2.64. The molecule has 0 unspecified atom stereocenters. The predicted octanol–water partition coefficient (Wildman–Crippen LogP) is 4.11. The molecule has 0 aliphatic carbocycles. The van der Waals surface area contributed by atoms with Crippen molar-refractivity contribution >= 4 is 5.82 Å². The molecule has 0 radical (unpaired) electrons. The van der Waals surface area contributed by atoms with Crippen molar-refractivity contribution < 1.29 is 17.9 Å². The van der Waals surface area contributed by atoms with Crippen molar-refractivity contribution in [2.75, 3.05) is 11.9 Å². The summed E-state index contributed by atoms with van der Waals surface area (Å²) in [6.45, 7) is 4.80. The van der Waals surface area contributed by atoms with Gasteiger partial charge in [-0.05, 0) is 37.3 Å². The van der Waals surface area contributed by atoms with Gasteiger partial charge in [0.1, 0.15) is 5.82 Å². The maximum absolute atomic E-state index is 12.9. The van der Waals surface area contributed by atoms with Crippen molar-refractivity contribution in [3.63, 3.8) is 0 Å². The van der Waals surface area contributed by atoms with Crippen LogP contribution in [0.4, 0.5) is 19.0 Å². The van der Waals surface area contributed by atoms with Gasteiger partial charge in [-0.2, -0.15) is 13.2 Å². The van der Waals surface area contributed by atoms with Gasteiger partial charge in [0.25, 0.3) is 0 Å². The fraction of sp³-hybridized carbons (Fsp3) is 0.667. The summed E-state index contributed by atoms with van der Waals surface area (Å²) >= 11 is 0. The number of pyridine rings is 1. The number of anilines is 1. The van der Waals surface area contributed by atoms with E-state index in [1.54, 1.807) is 0 Å². The molecule has 1 aliphatic rings. The Morgan fingerprint density at radius 3 is 2.86 bits per heavy atom. The number of rotatable bonds is 4. The average molecular weight is 302 g/mol. The third-order valence-corrected chi connectivity index (χ3v) is 3.56. The number of hydrogen-bond donors (Lipinski definition) is 1. The number of aromatic nitrogens is 1. The molecular formula is C15H21F3N2O. The topological polar surface area (TPSA) is 34.2 Å². The van der Waals surface area contributed by atoms with Gasteiger partial charge in [0.2, 0.25) is 0 Å². The van der Waals surface area contributed by atoms with Crippen molar-refractivity contribution in [2.45, 2.75) is 51.4 Å². The zero-order valence-corrected chi connectivity index (χ0v) is 12.3. The summed E-state index contributed by atoms with van der Waals surface area (Å²) in [5.41, 5.74) is -0.711. The Kier molecular flexibility index (Phi) is 5.08. The molecule has 0 aromatic carbocycles. The monoisotopic (exact) mass is 302 g/mol. The summed E-state index contributed by atoms with van der Waals surface area (Å²) in [4.78, 5) is 3.85. The molecule has 3 nitrogen and oxygen atoms in total. The summed E-state index contributed by atoms with van der Waals surface area (Å²) in [5, 5.41) is 2.95. The third-order valence-electron chi connectivity index (χ3n) is 3.56. The van der Waals surface area contributed by atoms with Crippen LogP contribution in [0.25, 0.3) is 0 Å². The molecule has 1 N–H and O–H groups in total. The van der Waals surface area contributed by atoms with Gasteiger partial charge in [-0.3, -0.25) is 0 Å². The molecule has 0 spiro atoms. The molecule has 0 amide bonds. The smallest absolute Gasteiger partial charge is 0.378 e. The lowest BCUT2D eigenvalue weighted by Gasteiger charge is -2.31. The Labute approximate surface area is 122 Å². The predicted molar refractivity (Wildman–Crippen MR) is 75.1 cm³/mol. The molecule has 1 aromatic heterocycles. The maximum Gasteiger partial charge on any atom is 0.419 e. The van der Waals surface area contributed by atoms with Crippen LogP contribution >= 0.6 is 0 Å². The van der Waals surface area contributed by atoms with Crippen LogP contribution in [0.3, 0.4) is 0 Å². The Hall–Kier alpha value is -1.30. The SMILES string of the molecule is CC(C)C[C@H]1C[C@@H](Nc2ncccc2C(F)(F)F)CCO1. The fourth-order valence-corrected chi connectivity index (χ4v) is 2.64. The van der Waals surface area contributed by atoms with Crippen molar-refractivity contribution in [1.29, 1.82) is 0 Å². The van der Waals surface area contributed by atoms with E-state index in [1.807, 2.05) is 0 Å². The maximum atomic E-state index is 12.9. The quantitative estimate of drug-likeness (QED) is 0.909. The van der Waals surface area contributed by atoms with Gasteiger partial charge in [0, 0.05) is 18.8 Å². The second-order valence-electron chi connectivity index (χ2n) is 5.89. The van der Waals surface area contributed by atoms with E-state index in [4.69, 9.17) is 4.74 Å². The highest BCUT2D eigenvalue weighted by Gasteiger charge is 2.35. The van der Waals surface area contributed by atoms with E-state index in [1.165, 1.54) is 12.3 Å². The van der Waals surface area contributed by atoms with Crippen LogP contribution in [0.2, 0.25) is 0 Å². The van der Waals surface area contributed by atoms with Gasteiger partial charge in [0.15, 0.2) is 0 Å². The number of nitrogens with zero attached hydrogens (tertiary/aromatic N) is 1. The highest BCUT2D eigenvalue weighted by molar-refractivity contribution is 5.46. The van der Waals surface area contributed by atoms with Crippen molar-refractivity contribution in [3.8, 4) is 0 Å². The molecule has 1 aromatic rings. The molecule has 6 heteroatoms. The molecule has 1 aliphatic heterocycles. The highest BCUT2D eigenvalue weighted by atomic mass is 19.4. The van der Waals surface area contributed by atoms with E-state index >= 15 is 0 Å². The van der Waals surface area contributed by atoms with Crippen LogP contribution in [0.5, 0.6) is 0 Å². The van der Waals surface area contributed by atoms with Gasteiger partial charge in [-0.15, -0.1) is 0 Å². The molecule has 21 heavy (non-hydrogen) atoms. The molecule has 118 valence electrons. The summed E-state index contributed by atoms with van der Waals surface area (Å²) in [6.07, 6.45) is -0.572. The first-order chi connectivity index (χ1) is 9.86. The third kappa shape index (κ3) is 4.59. The highest BCUT2D eigenvalue weighted by Crippen LogP contribution is 2.34. The van der Waals surface area contributed by atoms with Crippen LogP contribution < -0.4 is 5.32 Å². The van der Waals surface area contributed by atoms with Crippen LogP contribution in [0.1, 0.15) is 38.7 Å².